The number of rotatable bonds is 5. The molecule has 0 aliphatic heterocycles. The Labute approximate surface area is 117 Å². The Balaban J connectivity index is 1.87. The summed E-state index contributed by atoms with van der Waals surface area (Å²) in [6.45, 7) is 3.05. The maximum atomic E-state index is 4.56. The second-order valence-electron chi connectivity index (χ2n) is 4.55. The molecule has 0 fully saturated rings. The normalized spacial score (nSPS) is 10.8. The molecule has 0 aliphatic carbocycles. The molecule has 0 radical (unpaired) electrons. The molecule has 0 N–H and O–H groups in total. The van der Waals surface area contributed by atoms with Crippen molar-refractivity contribution in [2.24, 2.45) is 0 Å². The number of aromatic nitrogens is 6. The summed E-state index contributed by atoms with van der Waals surface area (Å²) in [6, 6.07) is 7.67. The monoisotopic (exact) mass is 268 g/mol. The maximum Gasteiger partial charge on any atom is 0.154 e. The van der Waals surface area contributed by atoms with Gasteiger partial charge in [-0.15, -0.1) is 5.10 Å². The van der Waals surface area contributed by atoms with Crippen LogP contribution in [0.4, 0.5) is 0 Å². The van der Waals surface area contributed by atoms with Crippen LogP contribution in [0.5, 0.6) is 0 Å². The number of hydrogen-bond acceptors (Lipinski definition) is 4. The summed E-state index contributed by atoms with van der Waals surface area (Å²) in [4.78, 5) is 4.56. The van der Waals surface area contributed by atoms with E-state index < -0.39 is 0 Å². The minimum atomic E-state index is 0.774. The molecule has 3 aromatic rings. The van der Waals surface area contributed by atoms with Gasteiger partial charge in [-0.25, -0.2) is 9.67 Å². The van der Waals surface area contributed by atoms with Gasteiger partial charge in [0.2, 0.25) is 0 Å². The summed E-state index contributed by atoms with van der Waals surface area (Å²) in [6.07, 6.45) is 7.77. The third-order valence-corrected chi connectivity index (χ3v) is 3.02. The molecular weight excluding hydrogens is 252 g/mol. The molecule has 0 amide bonds. The van der Waals surface area contributed by atoms with E-state index in [4.69, 9.17) is 0 Å². The smallest absolute Gasteiger partial charge is 0.154 e. The fourth-order valence-electron chi connectivity index (χ4n) is 1.94. The van der Waals surface area contributed by atoms with Crippen LogP contribution in [0.1, 0.15) is 19.8 Å². The van der Waals surface area contributed by atoms with Gasteiger partial charge in [-0.05, 0) is 24.6 Å². The molecule has 6 nitrogen and oxygen atoms in total. The van der Waals surface area contributed by atoms with E-state index in [0.29, 0.717) is 0 Å². The highest BCUT2D eigenvalue weighted by atomic mass is 15.4. The van der Waals surface area contributed by atoms with E-state index in [0.717, 1.165) is 36.6 Å². The molecule has 0 atom stereocenters. The molecule has 0 unspecified atom stereocenters. The number of hydrogen-bond donors (Lipinski definition) is 0. The highest BCUT2D eigenvalue weighted by Gasteiger charge is 2.07. The van der Waals surface area contributed by atoms with Crippen LogP contribution in [0.25, 0.3) is 17.2 Å². The zero-order chi connectivity index (χ0) is 13.8. The van der Waals surface area contributed by atoms with Crippen LogP contribution in [0, 0.1) is 0 Å². The van der Waals surface area contributed by atoms with Crippen LogP contribution in [0.2, 0.25) is 0 Å². The third kappa shape index (κ3) is 2.59. The summed E-state index contributed by atoms with van der Waals surface area (Å²) >= 11 is 0. The summed E-state index contributed by atoms with van der Waals surface area (Å²) < 4.78 is 3.59. The van der Waals surface area contributed by atoms with Gasteiger partial charge in [-0.1, -0.05) is 24.6 Å². The minimum absolute atomic E-state index is 0.774. The predicted octanol–water partition coefficient (Wildman–Crippen LogP) is 2.33. The second kappa shape index (κ2) is 5.64. The van der Waals surface area contributed by atoms with E-state index >= 15 is 0 Å². The average molecular weight is 268 g/mol. The lowest BCUT2D eigenvalue weighted by Crippen LogP contribution is -1.98. The first-order chi connectivity index (χ1) is 9.86. The quantitative estimate of drug-likeness (QED) is 0.712. The Kier molecular flexibility index (Phi) is 3.54. The van der Waals surface area contributed by atoms with Gasteiger partial charge in [0.25, 0.3) is 0 Å². The molecule has 102 valence electrons. The third-order valence-electron chi connectivity index (χ3n) is 3.02. The first-order valence-corrected chi connectivity index (χ1v) is 6.74. The van der Waals surface area contributed by atoms with E-state index in [1.807, 2.05) is 41.3 Å². The summed E-state index contributed by atoms with van der Waals surface area (Å²) in [5.41, 5.74) is 1.59. The van der Waals surface area contributed by atoms with Gasteiger partial charge in [0.15, 0.2) is 5.82 Å². The topological polar surface area (TPSA) is 61.4 Å². The highest BCUT2D eigenvalue weighted by molar-refractivity contribution is 5.53. The first kappa shape index (κ1) is 12.5. The Morgan fingerprint density at radius 1 is 1.15 bits per heavy atom. The number of pyridine rings is 1. The lowest BCUT2D eigenvalue weighted by atomic mass is 10.3. The molecule has 0 spiro atoms. The van der Waals surface area contributed by atoms with Crippen molar-refractivity contribution in [2.45, 2.75) is 26.3 Å². The van der Waals surface area contributed by atoms with Gasteiger partial charge in [0.1, 0.15) is 5.69 Å². The van der Waals surface area contributed by atoms with Crippen molar-refractivity contribution in [1.82, 2.24) is 29.8 Å². The fraction of sp³-hybridized carbons (Fsp3) is 0.286. The summed E-state index contributed by atoms with van der Waals surface area (Å²) in [7, 11) is 0. The van der Waals surface area contributed by atoms with E-state index in [9.17, 15) is 0 Å². The van der Waals surface area contributed by atoms with Crippen molar-refractivity contribution in [3.63, 3.8) is 0 Å². The van der Waals surface area contributed by atoms with Crippen LogP contribution >= 0.6 is 0 Å². The Hall–Kier alpha value is -2.50. The van der Waals surface area contributed by atoms with Crippen LogP contribution < -0.4 is 0 Å². The van der Waals surface area contributed by atoms with Gasteiger partial charge in [0.05, 0.1) is 11.9 Å². The largest absolute Gasteiger partial charge is 0.252 e. The molecule has 0 bridgehead atoms. The zero-order valence-electron chi connectivity index (χ0n) is 11.3. The molecule has 3 heterocycles. The van der Waals surface area contributed by atoms with Crippen LogP contribution in [-0.2, 0) is 6.54 Å². The predicted molar refractivity (Wildman–Crippen MR) is 75.3 cm³/mol. The summed E-state index contributed by atoms with van der Waals surface area (Å²) in [5, 5.41) is 12.5. The van der Waals surface area contributed by atoms with Gasteiger partial charge in [-0.2, -0.15) is 5.10 Å². The van der Waals surface area contributed by atoms with Crippen LogP contribution in [0.3, 0.4) is 0 Å². The van der Waals surface area contributed by atoms with Crippen molar-refractivity contribution in [2.75, 3.05) is 0 Å². The second-order valence-corrected chi connectivity index (χ2v) is 4.55. The minimum Gasteiger partial charge on any atom is -0.252 e. The van der Waals surface area contributed by atoms with Gasteiger partial charge >= 0.3 is 0 Å². The molecule has 6 heteroatoms. The van der Waals surface area contributed by atoms with Crippen molar-refractivity contribution in [3.8, 4) is 17.2 Å². The molecule has 0 aliphatic rings. The highest BCUT2D eigenvalue weighted by Crippen LogP contribution is 2.15. The van der Waals surface area contributed by atoms with Crippen molar-refractivity contribution in [1.29, 1.82) is 0 Å². The molecule has 3 rings (SSSR count). The van der Waals surface area contributed by atoms with E-state index in [-0.39, 0.29) is 0 Å². The standard InChI is InChI=1S/C14H16N6/c1-2-3-9-19-11-13(17-18-19)12-6-4-7-14(16-12)20-10-5-8-15-20/h4-8,10-11H,2-3,9H2,1H3. The fourth-order valence-corrected chi connectivity index (χ4v) is 1.94. The Morgan fingerprint density at radius 3 is 2.90 bits per heavy atom. The van der Waals surface area contributed by atoms with E-state index in [1.54, 1.807) is 10.9 Å². The van der Waals surface area contributed by atoms with Crippen LogP contribution in [0.15, 0.2) is 42.9 Å². The van der Waals surface area contributed by atoms with Crippen molar-refractivity contribution >= 4 is 0 Å². The first-order valence-electron chi connectivity index (χ1n) is 6.74. The Bertz CT molecular complexity index is 671. The van der Waals surface area contributed by atoms with E-state index in [1.165, 1.54) is 0 Å². The van der Waals surface area contributed by atoms with Gasteiger partial charge < -0.3 is 0 Å². The van der Waals surface area contributed by atoms with Gasteiger partial charge in [-0.3, -0.25) is 4.68 Å². The van der Waals surface area contributed by atoms with Crippen LogP contribution in [-0.4, -0.2) is 29.8 Å². The molecule has 0 aromatic carbocycles. The molecule has 0 saturated heterocycles. The Morgan fingerprint density at radius 2 is 2.10 bits per heavy atom. The molecule has 0 saturated carbocycles. The van der Waals surface area contributed by atoms with Crippen molar-refractivity contribution in [3.05, 3.63) is 42.9 Å². The maximum absolute atomic E-state index is 4.56. The van der Waals surface area contributed by atoms with Crippen molar-refractivity contribution < 1.29 is 0 Å². The average Bonchev–Trinajstić information content (AvgIpc) is 3.17. The molecular formula is C14H16N6. The zero-order valence-corrected chi connectivity index (χ0v) is 11.3. The SMILES string of the molecule is CCCCn1cc(-c2cccc(-n3cccn3)n2)nn1. The lowest BCUT2D eigenvalue weighted by molar-refractivity contribution is 0.553. The number of unbranched alkanes of at least 4 members (excludes halogenated alkanes) is 1. The lowest BCUT2D eigenvalue weighted by Gasteiger charge is -2.01. The summed E-state index contributed by atoms with van der Waals surface area (Å²) in [5.74, 6) is 0.774. The number of aryl methyl sites for hydroxylation is 1. The van der Waals surface area contributed by atoms with Gasteiger partial charge in [0, 0.05) is 18.9 Å². The van der Waals surface area contributed by atoms with E-state index in [2.05, 4.69) is 27.3 Å². The molecule has 20 heavy (non-hydrogen) atoms. The number of nitrogens with zero attached hydrogens (tertiary/aromatic N) is 6. The molecule has 3 aromatic heterocycles.